The van der Waals surface area contributed by atoms with E-state index in [9.17, 15) is 21.6 Å². The van der Waals surface area contributed by atoms with Crippen LogP contribution >= 0.6 is 0 Å². The topological polar surface area (TPSA) is 104 Å². The molecule has 1 heterocycles. The summed E-state index contributed by atoms with van der Waals surface area (Å²) in [5, 5.41) is 0. The molecule has 0 unspecified atom stereocenters. The number of sulfonamides is 2. The second-order valence-electron chi connectivity index (χ2n) is 7.51. The van der Waals surface area contributed by atoms with Gasteiger partial charge in [-0.2, -0.15) is 4.31 Å². The summed E-state index contributed by atoms with van der Waals surface area (Å²) in [6, 6.07) is 22.4. The lowest BCUT2D eigenvalue weighted by molar-refractivity contribution is 0.0698. The van der Waals surface area contributed by atoms with Gasteiger partial charge in [0.05, 0.1) is 9.79 Å². The minimum Gasteiger partial charge on any atom is -0.336 e. The van der Waals surface area contributed by atoms with Crippen molar-refractivity contribution in [1.82, 2.24) is 9.21 Å². The smallest absolute Gasteiger partial charge is 0.261 e. The monoisotopic (exact) mass is 485 g/mol. The number of carbonyl (C=O) groups excluding carboxylic acids is 1. The minimum absolute atomic E-state index is 0.0432. The number of hydrogen-bond acceptors (Lipinski definition) is 5. The van der Waals surface area contributed by atoms with E-state index in [1.54, 1.807) is 65.6 Å². The van der Waals surface area contributed by atoms with Gasteiger partial charge in [0.1, 0.15) is 0 Å². The minimum atomic E-state index is -3.78. The molecule has 3 aromatic rings. The number of carbonyl (C=O) groups is 1. The summed E-state index contributed by atoms with van der Waals surface area (Å²) >= 11 is 0. The summed E-state index contributed by atoms with van der Waals surface area (Å²) in [5.41, 5.74) is 0.786. The Labute approximate surface area is 193 Å². The molecule has 1 aliphatic rings. The maximum Gasteiger partial charge on any atom is 0.261 e. The maximum atomic E-state index is 12.9. The Morgan fingerprint density at radius 2 is 1.21 bits per heavy atom. The van der Waals surface area contributed by atoms with Crippen molar-refractivity contribution in [2.75, 3.05) is 30.9 Å². The van der Waals surface area contributed by atoms with Gasteiger partial charge >= 0.3 is 0 Å². The molecule has 1 fully saturated rings. The second kappa shape index (κ2) is 9.34. The molecule has 0 saturated carbocycles. The van der Waals surface area contributed by atoms with Crippen molar-refractivity contribution in [3.63, 3.8) is 0 Å². The number of piperazine rings is 1. The summed E-state index contributed by atoms with van der Waals surface area (Å²) in [4.78, 5) is 14.7. The average Bonchev–Trinajstić information content (AvgIpc) is 2.85. The highest BCUT2D eigenvalue weighted by atomic mass is 32.2. The molecule has 0 radical (unpaired) electrons. The molecule has 1 aliphatic heterocycles. The van der Waals surface area contributed by atoms with Gasteiger partial charge in [0.25, 0.3) is 15.9 Å². The van der Waals surface area contributed by atoms with Crippen LogP contribution < -0.4 is 4.72 Å². The summed E-state index contributed by atoms with van der Waals surface area (Å²) in [6.07, 6.45) is 0. The molecule has 3 aromatic carbocycles. The summed E-state index contributed by atoms with van der Waals surface area (Å²) in [7, 11) is -7.38. The molecule has 4 rings (SSSR count). The molecule has 0 aliphatic carbocycles. The third kappa shape index (κ3) is 5.08. The molecule has 0 aromatic heterocycles. The van der Waals surface area contributed by atoms with Gasteiger partial charge in [0, 0.05) is 37.4 Å². The summed E-state index contributed by atoms with van der Waals surface area (Å²) in [5.74, 6) is -0.272. The highest BCUT2D eigenvalue weighted by molar-refractivity contribution is 7.92. The Balaban J connectivity index is 1.40. The van der Waals surface area contributed by atoms with E-state index in [0.717, 1.165) is 0 Å². The van der Waals surface area contributed by atoms with Crippen molar-refractivity contribution in [3.8, 4) is 0 Å². The third-order valence-electron chi connectivity index (χ3n) is 5.34. The van der Waals surface area contributed by atoms with E-state index in [1.165, 1.54) is 28.6 Å². The maximum absolute atomic E-state index is 12.9. The molecule has 1 amide bonds. The fourth-order valence-corrected chi connectivity index (χ4v) is 6.05. The zero-order valence-corrected chi connectivity index (χ0v) is 19.3. The Hall–Kier alpha value is -3.21. The van der Waals surface area contributed by atoms with Gasteiger partial charge < -0.3 is 4.90 Å². The SMILES string of the molecule is O=C(c1ccc(S(=O)(=O)Nc2ccccc2)cc1)N1CCN(S(=O)(=O)c2ccccc2)CC1. The summed E-state index contributed by atoms with van der Waals surface area (Å²) < 4.78 is 54.5. The molecule has 1 saturated heterocycles. The number of para-hydroxylation sites is 1. The van der Waals surface area contributed by atoms with E-state index in [4.69, 9.17) is 0 Å². The quantitative estimate of drug-likeness (QED) is 0.578. The van der Waals surface area contributed by atoms with Crippen LogP contribution in [0.3, 0.4) is 0 Å². The number of amides is 1. The van der Waals surface area contributed by atoms with Crippen LogP contribution in [0.5, 0.6) is 0 Å². The zero-order valence-electron chi connectivity index (χ0n) is 17.7. The van der Waals surface area contributed by atoms with Gasteiger partial charge in [-0.05, 0) is 48.5 Å². The molecule has 0 bridgehead atoms. The van der Waals surface area contributed by atoms with Crippen LogP contribution in [-0.2, 0) is 20.0 Å². The van der Waals surface area contributed by atoms with Crippen LogP contribution in [-0.4, -0.2) is 58.1 Å². The molecule has 0 atom stereocenters. The Morgan fingerprint density at radius 3 is 1.79 bits per heavy atom. The van der Waals surface area contributed by atoms with Crippen LogP contribution in [0.2, 0.25) is 0 Å². The highest BCUT2D eigenvalue weighted by Gasteiger charge is 2.30. The molecule has 0 spiro atoms. The fraction of sp³-hybridized carbons (Fsp3) is 0.174. The normalized spacial score (nSPS) is 15.2. The average molecular weight is 486 g/mol. The number of nitrogens with zero attached hydrogens (tertiary/aromatic N) is 2. The number of nitrogens with one attached hydrogen (secondary N) is 1. The van der Waals surface area contributed by atoms with Crippen molar-refractivity contribution in [3.05, 3.63) is 90.5 Å². The van der Waals surface area contributed by atoms with Crippen LogP contribution in [0, 0.1) is 0 Å². The molecule has 33 heavy (non-hydrogen) atoms. The molecular formula is C23H23N3O5S2. The Morgan fingerprint density at radius 1 is 0.667 bits per heavy atom. The predicted molar refractivity (Wildman–Crippen MR) is 125 cm³/mol. The van der Waals surface area contributed by atoms with Crippen LogP contribution in [0.25, 0.3) is 0 Å². The van der Waals surface area contributed by atoms with Gasteiger partial charge in [-0.25, -0.2) is 16.8 Å². The first kappa shape index (κ1) is 23.0. The van der Waals surface area contributed by atoms with Crippen molar-refractivity contribution < 1.29 is 21.6 Å². The van der Waals surface area contributed by atoms with E-state index in [2.05, 4.69) is 4.72 Å². The van der Waals surface area contributed by atoms with Crippen molar-refractivity contribution in [2.45, 2.75) is 9.79 Å². The lowest BCUT2D eigenvalue weighted by Crippen LogP contribution is -2.50. The van der Waals surface area contributed by atoms with E-state index < -0.39 is 20.0 Å². The van der Waals surface area contributed by atoms with Crippen molar-refractivity contribution in [1.29, 1.82) is 0 Å². The lowest BCUT2D eigenvalue weighted by atomic mass is 10.2. The second-order valence-corrected chi connectivity index (χ2v) is 11.1. The fourth-order valence-electron chi connectivity index (χ4n) is 3.55. The predicted octanol–water partition coefficient (Wildman–Crippen LogP) is 2.63. The number of rotatable bonds is 6. The van der Waals surface area contributed by atoms with Gasteiger partial charge in [-0.1, -0.05) is 36.4 Å². The van der Waals surface area contributed by atoms with Crippen LogP contribution in [0.4, 0.5) is 5.69 Å². The Bertz CT molecular complexity index is 1320. The lowest BCUT2D eigenvalue weighted by Gasteiger charge is -2.34. The number of hydrogen-bond donors (Lipinski definition) is 1. The van der Waals surface area contributed by atoms with Gasteiger partial charge in [-0.15, -0.1) is 0 Å². The largest absolute Gasteiger partial charge is 0.336 e. The van der Waals surface area contributed by atoms with E-state index >= 15 is 0 Å². The van der Waals surface area contributed by atoms with Crippen molar-refractivity contribution in [2.24, 2.45) is 0 Å². The first-order valence-electron chi connectivity index (χ1n) is 10.3. The third-order valence-corrected chi connectivity index (χ3v) is 8.65. The first-order valence-corrected chi connectivity index (χ1v) is 13.2. The van der Waals surface area contributed by atoms with Crippen molar-refractivity contribution >= 4 is 31.6 Å². The van der Waals surface area contributed by atoms with Gasteiger partial charge in [-0.3, -0.25) is 9.52 Å². The standard InChI is InChI=1S/C23H23N3O5S2/c27-23(25-15-17-26(18-16-25)33(30,31)22-9-5-2-6-10-22)19-11-13-21(14-12-19)32(28,29)24-20-7-3-1-4-8-20/h1-14,24H,15-18H2. The van der Waals surface area contributed by atoms with E-state index in [0.29, 0.717) is 11.3 Å². The molecule has 8 nitrogen and oxygen atoms in total. The van der Waals surface area contributed by atoms with Gasteiger partial charge in [0.2, 0.25) is 10.0 Å². The number of benzene rings is 3. The van der Waals surface area contributed by atoms with Gasteiger partial charge in [0.15, 0.2) is 0 Å². The first-order chi connectivity index (χ1) is 15.8. The van der Waals surface area contributed by atoms with Crippen LogP contribution in [0.15, 0.2) is 94.7 Å². The molecule has 1 N–H and O–H groups in total. The van der Waals surface area contributed by atoms with E-state index in [1.807, 2.05) is 0 Å². The summed E-state index contributed by atoms with van der Waals surface area (Å²) in [6.45, 7) is 0.883. The highest BCUT2D eigenvalue weighted by Crippen LogP contribution is 2.20. The van der Waals surface area contributed by atoms with E-state index in [-0.39, 0.29) is 41.9 Å². The zero-order chi connectivity index (χ0) is 23.5. The molecule has 10 heteroatoms. The Kier molecular flexibility index (Phi) is 6.50. The molecule has 172 valence electrons. The van der Waals surface area contributed by atoms with Crippen LogP contribution in [0.1, 0.15) is 10.4 Å². The number of anilines is 1. The molecular weight excluding hydrogens is 462 g/mol.